The highest BCUT2D eigenvalue weighted by molar-refractivity contribution is 6.32. The van der Waals surface area contributed by atoms with Crippen molar-refractivity contribution in [1.29, 1.82) is 0 Å². The SMILES string of the molecule is Clc1ccc(Cl)c(CN2CCCOCC2)n1. The van der Waals surface area contributed by atoms with Crippen LogP contribution in [-0.2, 0) is 11.3 Å². The molecule has 1 fully saturated rings. The van der Waals surface area contributed by atoms with Gasteiger partial charge in [-0.1, -0.05) is 23.2 Å². The van der Waals surface area contributed by atoms with Crippen LogP contribution in [0, 0.1) is 0 Å². The molecule has 5 heteroatoms. The van der Waals surface area contributed by atoms with Gasteiger partial charge >= 0.3 is 0 Å². The van der Waals surface area contributed by atoms with Gasteiger partial charge in [-0.25, -0.2) is 4.98 Å². The lowest BCUT2D eigenvalue weighted by Crippen LogP contribution is -2.26. The number of rotatable bonds is 2. The van der Waals surface area contributed by atoms with Gasteiger partial charge < -0.3 is 4.74 Å². The Hall–Kier alpha value is -0.350. The Morgan fingerprint density at radius 1 is 1.25 bits per heavy atom. The zero-order chi connectivity index (χ0) is 11.4. The first-order chi connectivity index (χ1) is 7.75. The Morgan fingerprint density at radius 3 is 3.00 bits per heavy atom. The molecule has 0 N–H and O–H groups in total. The minimum Gasteiger partial charge on any atom is -0.380 e. The molecular weight excluding hydrogens is 247 g/mol. The number of pyridine rings is 1. The lowest BCUT2D eigenvalue weighted by Gasteiger charge is -2.18. The van der Waals surface area contributed by atoms with Crippen molar-refractivity contribution < 1.29 is 4.74 Å². The number of hydrogen-bond donors (Lipinski definition) is 0. The maximum Gasteiger partial charge on any atom is 0.129 e. The molecule has 0 radical (unpaired) electrons. The fourth-order valence-electron chi connectivity index (χ4n) is 1.74. The summed E-state index contributed by atoms with van der Waals surface area (Å²) in [5.74, 6) is 0. The second-order valence-electron chi connectivity index (χ2n) is 3.80. The molecule has 0 bridgehead atoms. The summed E-state index contributed by atoms with van der Waals surface area (Å²) in [5.41, 5.74) is 0.844. The molecule has 16 heavy (non-hydrogen) atoms. The lowest BCUT2D eigenvalue weighted by atomic mass is 10.3. The summed E-state index contributed by atoms with van der Waals surface area (Å²) in [5, 5.41) is 1.17. The molecule has 0 saturated carbocycles. The Balaban J connectivity index is 2.04. The average molecular weight is 261 g/mol. The van der Waals surface area contributed by atoms with Crippen molar-refractivity contribution in [3.8, 4) is 0 Å². The largest absolute Gasteiger partial charge is 0.380 e. The molecular formula is C11H14Cl2N2O. The Morgan fingerprint density at radius 2 is 2.12 bits per heavy atom. The van der Waals surface area contributed by atoms with Crippen LogP contribution in [0.2, 0.25) is 10.2 Å². The third-order valence-corrected chi connectivity index (χ3v) is 3.13. The number of hydrogen-bond acceptors (Lipinski definition) is 3. The van der Waals surface area contributed by atoms with Crippen LogP contribution in [0.3, 0.4) is 0 Å². The highest BCUT2D eigenvalue weighted by atomic mass is 35.5. The van der Waals surface area contributed by atoms with E-state index in [2.05, 4.69) is 9.88 Å². The minimum absolute atomic E-state index is 0.491. The summed E-state index contributed by atoms with van der Waals surface area (Å²) in [4.78, 5) is 6.54. The maximum absolute atomic E-state index is 6.08. The highest BCUT2D eigenvalue weighted by Gasteiger charge is 2.12. The smallest absolute Gasteiger partial charge is 0.129 e. The summed E-state index contributed by atoms with van der Waals surface area (Å²) in [6, 6.07) is 3.50. The van der Waals surface area contributed by atoms with Crippen LogP contribution in [-0.4, -0.2) is 36.2 Å². The first-order valence-electron chi connectivity index (χ1n) is 5.37. The third-order valence-electron chi connectivity index (χ3n) is 2.57. The van der Waals surface area contributed by atoms with Crippen LogP contribution >= 0.6 is 23.2 Å². The summed E-state index contributed by atoms with van der Waals surface area (Å²) >= 11 is 11.9. The molecule has 2 heterocycles. The number of aromatic nitrogens is 1. The molecule has 1 aromatic heterocycles. The molecule has 0 aliphatic carbocycles. The predicted octanol–water partition coefficient (Wildman–Crippen LogP) is 2.61. The monoisotopic (exact) mass is 260 g/mol. The molecule has 1 aliphatic heterocycles. The van der Waals surface area contributed by atoms with Gasteiger partial charge in [0.1, 0.15) is 5.15 Å². The van der Waals surface area contributed by atoms with E-state index in [0.717, 1.165) is 45.0 Å². The van der Waals surface area contributed by atoms with E-state index in [1.165, 1.54) is 0 Å². The van der Waals surface area contributed by atoms with Crippen molar-refractivity contribution >= 4 is 23.2 Å². The molecule has 0 amide bonds. The van der Waals surface area contributed by atoms with E-state index in [1.807, 2.05) is 0 Å². The van der Waals surface area contributed by atoms with Crippen molar-refractivity contribution in [2.24, 2.45) is 0 Å². The maximum atomic E-state index is 6.08. The van der Waals surface area contributed by atoms with Crippen molar-refractivity contribution in [3.63, 3.8) is 0 Å². The fourth-order valence-corrected chi connectivity index (χ4v) is 2.07. The second kappa shape index (κ2) is 5.82. The molecule has 0 unspecified atom stereocenters. The Kier molecular flexibility index (Phi) is 4.41. The van der Waals surface area contributed by atoms with E-state index in [-0.39, 0.29) is 0 Å². The van der Waals surface area contributed by atoms with Gasteiger partial charge in [-0.2, -0.15) is 0 Å². The van der Waals surface area contributed by atoms with Crippen LogP contribution in [0.25, 0.3) is 0 Å². The average Bonchev–Trinajstić information content (AvgIpc) is 2.52. The van der Waals surface area contributed by atoms with Gasteiger partial charge in [0.15, 0.2) is 0 Å². The normalized spacial score (nSPS) is 18.4. The molecule has 2 rings (SSSR count). The van der Waals surface area contributed by atoms with E-state index in [4.69, 9.17) is 27.9 Å². The van der Waals surface area contributed by atoms with Gasteiger partial charge in [0.05, 0.1) is 17.3 Å². The first kappa shape index (κ1) is 12.1. The first-order valence-corrected chi connectivity index (χ1v) is 6.12. The number of ether oxygens (including phenoxy) is 1. The molecule has 3 nitrogen and oxygen atoms in total. The van der Waals surface area contributed by atoms with Gasteiger partial charge in [0.25, 0.3) is 0 Å². The van der Waals surface area contributed by atoms with Crippen molar-refractivity contribution in [1.82, 2.24) is 9.88 Å². The van der Waals surface area contributed by atoms with Gasteiger partial charge in [-0.3, -0.25) is 4.90 Å². The van der Waals surface area contributed by atoms with Crippen LogP contribution < -0.4 is 0 Å². The summed E-state index contributed by atoms with van der Waals surface area (Å²) in [6.45, 7) is 4.29. The van der Waals surface area contributed by atoms with E-state index in [0.29, 0.717) is 10.2 Å². The Bertz CT molecular complexity index is 352. The van der Waals surface area contributed by atoms with Crippen molar-refractivity contribution in [3.05, 3.63) is 28.0 Å². The quantitative estimate of drug-likeness (QED) is 0.765. The van der Waals surface area contributed by atoms with Crippen molar-refractivity contribution in [2.45, 2.75) is 13.0 Å². The van der Waals surface area contributed by atoms with E-state index >= 15 is 0 Å². The summed E-state index contributed by atoms with van der Waals surface area (Å²) in [7, 11) is 0. The minimum atomic E-state index is 0.491. The highest BCUT2D eigenvalue weighted by Crippen LogP contribution is 2.18. The summed E-state index contributed by atoms with van der Waals surface area (Å²) in [6.07, 6.45) is 1.05. The zero-order valence-corrected chi connectivity index (χ0v) is 10.5. The molecule has 0 aromatic carbocycles. The van der Waals surface area contributed by atoms with Gasteiger partial charge in [0, 0.05) is 26.2 Å². The van der Waals surface area contributed by atoms with Gasteiger partial charge in [-0.15, -0.1) is 0 Å². The van der Waals surface area contributed by atoms with E-state index in [9.17, 15) is 0 Å². The second-order valence-corrected chi connectivity index (χ2v) is 4.60. The lowest BCUT2D eigenvalue weighted by molar-refractivity contribution is 0.140. The van der Waals surface area contributed by atoms with E-state index < -0.39 is 0 Å². The van der Waals surface area contributed by atoms with Crippen LogP contribution in [0.15, 0.2) is 12.1 Å². The predicted molar refractivity (Wildman–Crippen MR) is 65.0 cm³/mol. The fraction of sp³-hybridized carbons (Fsp3) is 0.545. The zero-order valence-electron chi connectivity index (χ0n) is 8.96. The molecule has 0 spiro atoms. The Labute approximate surface area is 105 Å². The van der Waals surface area contributed by atoms with Gasteiger partial charge in [-0.05, 0) is 18.6 Å². The number of halogens is 2. The van der Waals surface area contributed by atoms with Gasteiger partial charge in [0.2, 0.25) is 0 Å². The molecule has 0 atom stereocenters. The van der Waals surface area contributed by atoms with Crippen LogP contribution in [0.1, 0.15) is 12.1 Å². The molecule has 1 aliphatic rings. The number of nitrogens with zero attached hydrogens (tertiary/aromatic N) is 2. The third kappa shape index (κ3) is 3.32. The summed E-state index contributed by atoms with van der Waals surface area (Å²) < 4.78 is 5.40. The van der Waals surface area contributed by atoms with Crippen molar-refractivity contribution in [2.75, 3.05) is 26.3 Å². The van der Waals surface area contributed by atoms with Crippen LogP contribution in [0.4, 0.5) is 0 Å². The molecule has 88 valence electrons. The molecule has 1 saturated heterocycles. The molecule has 1 aromatic rings. The van der Waals surface area contributed by atoms with E-state index in [1.54, 1.807) is 12.1 Å². The van der Waals surface area contributed by atoms with Crippen LogP contribution in [0.5, 0.6) is 0 Å². The standard InChI is InChI=1S/C11H14Cl2N2O/c12-9-2-3-11(13)14-10(9)8-15-4-1-6-16-7-5-15/h2-3H,1,4-8H2. The topological polar surface area (TPSA) is 25.4 Å².